The van der Waals surface area contributed by atoms with Crippen LogP contribution in [0.15, 0.2) is 77.2 Å². The number of thioether (sulfide) groups is 2. The van der Waals surface area contributed by atoms with Crippen LogP contribution >= 0.6 is 23.5 Å². The Labute approximate surface area is 280 Å². The van der Waals surface area contributed by atoms with Gasteiger partial charge >= 0.3 is 0 Å². The number of hydrogen-bond donors (Lipinski definition) is 2. The topological polar surface area (TPSA) is 87.1 Å². The van der Waals surface area contributed by atoms with Crippen LogP contribution in [0.4, 0.5) is 13.2 Å². The fourth-order valence-electron chi connectivity index (χ4n) is 9.57. The number of allylic oxidation sites excluding steroid dienone is 4. The number of alkyl halides is 3. The molecular formula is C36H38F3NO5S2. The molecule has 5 aliphatic rings. The van der Waals surface area contributed by atoms with E-state index in [1.54, 1.807) is 35.9 Å². The number of phenolic OH excluding ortho intramolecular Hbond substituents is 1. The summed E-state index contributed by atoms with van der Waals surface area (Å²) in [4.78, 5) is 33.8. The lowest BCUT2D eigenvalue weighted by Crippen LogP contribution is -2.70. The number of fused-ring (bicyclic) bond motifs is 7. The first-order valence-electron chi connectivity index (χ1n) is 16.0. The summed E-state index contributed by atoms with van der Waals surface area (Å²) in [6.07, 6.45) is 0.687. The number of phenols is 1. The van der Waals surface area contributed by atoms with Crippen LogP contribution in [0.25, 0.3) is 0 Å². The number of aliphatic hydroxyl groups is 1. The zero-order valence-corrected chi connectivity index (χ0v) is 27.8. The Morgan fingerprint density at radius 2 is 1.77 bits per heavy atom. The summed E-state index contributed by atoms with van der Waals surface area (Å²) in [6.45, 7) is 4.09. The smallest absolute Gasteiger partial charge is 0.226 e. The van der Waals surface area contributed by atoms with Crippen molar-refractivity contribution in [2.75, 3.05) is 12.6 Å². The third-order valence-electron chi connectivity index (χ3n) is 11.8. The van der Waals surface area contributed by atoms with E-state index in [0.717, 1.165) is 27.9 Å². The summed E-state index contributed by atoms with van der Waals surface area (Å²) in [5.74, 6) is -1.31. The maximum absolute atomic E-state index is 17.6. The molecule has 0 spiro atoms. The molecule has 0 unspecified atom stereocenters. The lowest BCUT2D eigenvalue weighted by molar-refractivity contribution is -0.266. The largest absolute Gasteiger partial charge is 0.508 e. The van der Waals surface area contributed by atoms with Crippen LogP contribution in [0.1, 0.15) is 44.2 Å². The second-order valence-electron chi connectivity index (χ2n) is 14.1. The molecule has 1 aliphatic heterocycles. The van der Waals surface area contributed by atoms with Gasteiger partial charge in [0.2, 0.25) is 5.12 Å². The number of hydroxylamine groups is 2. The first-order chi connectivity index (χ1) is 22.4. The third kappa shape index (κ3) is 4.89. The molecule has 11 heteroatoms. The molecule has 0 aromatic heterocycles. The van der Waals surface area contributed by atoms with Gasteiger partial charge < -0.3 is 10.2 Å². The van der Waals surface area contributed by atoms with E-state index >= 15 is 8.78 Å². The Hall–Kier alpha value is -2.57. The van der Waals surface area contributed by atoms with Crippen LogP contribution in [0.2, 0.25) is 0 Å². The second-order valence-corrected chi connectivity index (χ2v) is 16.0. The third-order valence-corrected chi connectivity index (χ3v) is 13.5. The molecule has 0 radical (unpaired) electrons. The van der Waals surface area contributed by atoms with Crippen molar-refractivity contribution in [2.24, 2.45) is 28.6 Å². The van der Waals surface area contributed by atoms with Crippen molar-refractivity contribution < 1.29 is 37.8 Å². The predicted octanol–water partition coefficient (Wildman–Crippen LogP) is 6.90. The van der Waals surface area contributed by atoms with Crippen molar-refractivity contribution in [3.8, 4) is 5.75 Å². The maximum atomic E-state index is 17.6. The standard InChI is InChI=1S/C36H38F3NO5S2/c1-33-12-11-25(42)14-29(33)30(38)15-28-27-13-23-18-40(17-21-3-5-22(6-4-21)19-46-26-9-7-24(41)8-10-26)45-36(23,32(44)47-20-37)34(27,2)16-31(43)35(28,33)39/h3-12,14,23,27-28,30-31,41,43H,13,15-20H2,1-2H3/t23-,27-,28-,30-,31-,33-,34-,35-,36-/m0/s1. The second kappa shape index (κ2) is 11.8. The Kier molecular flexibility index (Phi) is 8.27. The van der Waals surface area contributed by atoms with Crippen molar-refractivity contribution in [3.63, 3.8) is 0 Å². The minimum Gasteiger partial charge on any atom is -0.508 e. The molecule has 2 aromatic rings. The quantitative estimate of drug-likeness (QED) is 0.305. The molecule has 6 nitrogen and oxygen atoms in total. The first kappa shape index (κ1) is 33.0. The molecule has 4 fully saturated rings. The summed E-state index contributed by atoms with van der Waals surface area (Å²) in [6, 6.07) is 14.2. The number of aromatic hydroxyl groups is 1. The van der Waals surface area contributed by atoms with Crippen LogP contribution in [-0.4, -0.2) is 62.3 Å². The monoisotopic (exact) mass is 685 g/mol. The van der Waals surface area contributed by atoms with Crippen molar-refractivity contribution in [2.45, 2.75) is 73.8 Å². The number of rotatable bonds is 7. The van der Waals surface area contributed by atoms with Gasteiger partial charge in [-0.3, -0.25) is 14.4 Å². The van der Waals surface area contributed by atoms with E-state index < -0.39 is 69.0 Å². The zero-order valence-electron chi connectivity index (χ0n) is 26.2. The number of benzene rings is 2. The molecule has 250 valence electrons. The fourth-order valence-corrected chi connectivity index (χ4v) is 11.2. The minimum absolute atomic E-state index is 0.0516. The van der Waals surface area contributed by atoms with Gasteiger partial charge in [-0.15, -0.1) is 11.8 Å². The van der Waals surface area contributed by atoms with Gasteiger partial charge in [-0.05, 0) is 85.2 Å². The molecule has 1 heterocycles. The molecule has 0 amide bonds. The number of nitrogens with zero attached hydrogens (tertiary/aromatic N) is 1. The van der Waals surface area contributed by atoms with E-state index in [0.29, 0.717) is 31.3 Å². The van der Waals surface area contributed by atoms with Crippen molar-refractivity contribution in [1.29, 1.82) is 0 Å². The lowest BCUT2D eigenvalue weighted by atomic mass is 9.44. The van der Waals surface area contributed by atoms with Gasteiger partial charge in [0.25, 0.3) is 0 Å². The molecule has 2 aromatic carbocycles. The average molecular weight is 686 g/mol. The molecule has 0 bridgehead atoms. The van der Waals surface area contributed by atoms with Crippen LogP contribution in [0.5, 0.6) is 5.75 Å². The molecule has 47 heavy (non-hydrogen) atoms. The minimum atomic E-state index is -2.26. The van der Waals surface area contributed by atoms with Gasteiger partial charge in [-0.25, -0.2) is 13.2 Å². The van der Waals surface area contributed by atoms with E-state index in [2.05, 4.69) is 0 Å². The van der Waals surface area contributed by atoms with E-state index in [9.17, 15) is 24.2 Å². The molecule has 7 rings (SSSR count). The first-order valence-corrected chi connectivity index (χ1v) is 18.0. The molecule has 3 saturated carbocycles. The number of carbonyl (C=O) groups excluding carboxylic acids is 2. The van der Waals surface area contributed by atoms with Crippen molar-refractivity contribution in [3.05, 3.63) is 83.5 Å². The SMILES string of the molecule is C[C@]12C=CC(=O)C=C1[C@@H](F)C[C@H]1[C@@H]3C[C@H]4CN(Cc5ccc(CSc6ccc(O)cc6)cc5)O[C@@]4(C(=O)SCF)[C@@]3(C)C[C@H](O)[C@@]12F. The number of halogens is 3. The number of ketones is 1. The van der Waals surface area contributed by atoms with Crippen LogP contribution < -0.4 is 0 Å². The van der Waals surface area contributed by atoms with E-state index in [1.807, 2.05) is 43.3 Å². The average Bonchev–Trinajstić information content (AvgIpc) is 3.52. The highest BCUT2D eigenvalue weighted by atomic mass is 32.2. The van der Waals surface area contributed by atoms with Gasteiger partial charge in [-0.2, -0.15) is 5.06 Å². The Balaban J connectivity index is 1.13. The van der Waals surface area contributed by atoms with E-state index in [1.165, 1.54) is 12.2 Å². The highest BCUT2D eigenvalue weighted by Gasteiger charge is 2.79. The molecule has 9 atom stereocenters. The van der Waals surface area contributed by atoms with Crippen LogP contribution in [0, 0.1) is 28.6 Å². The number of carbonyl (C=O) groups is 2. The number of hydrogen-bond acceptors (Lipinski definition) is 8. The van der Waals surface area contributed by atoms with Crippen LogP contribution in [0.3, 0.4) is 0 Å². The van der Waals surface area contributed by atoms with Gasteiger partial charge in [-0.1, -0.05) is 49.0 Å². The van der Waals surface area contributed by atoms with Crippen molar-refractivity contribution in [1.82, 2.24) is 5.06 Å². The fraction of sp³-hybridized carbons (Fsp3) is 0.500. The zero-order chi connectivity index (χ0) is 33.4. The van der Waals surface area contributed by atoms with Gasteiger partial charge in [0.15, 0.2) is 17.1 Å². The summed E-state index contributed by atoms with van der Waals surface area (Å²) >= 11 is 2.19. The van der Waals surface area contributed by atoms with Crippen molar-refractivity contribution >= 4 is 34.4 Å². The van der Waals surface area contributed by atoms with Crippen LogP contribution in [-0.2, 0) is 26.7 Å². The van der Waals surface area contributed by atoms with E-state index in [4.69, 9.17) is 4.84 Å². The molecule has 1 saturated heterocycles. The summed E-state index contributed by atoms with van der Waals surface area (Å²) < 4.78 is 47.2. The molecular weight excluding hydrogens is 648 g/mol. The molecule has 2 N–H and O–H groups in total. The summed E-state index contributed by atoms with van der Waals surface area (Å²) in [5, 5.41) is 22.5. The molecule has 4 aliphatic carbocycles. The Morgan fingerprint density at radius 1 is 1.06 bits per heavy atom. The van der Waals surface area contributed by atoms with Gasteiger partial charge in [0, 0.05) is 46.4 Å². The summed E-state index contributed by atoms with van der Waals surface area (Å²) in [5.41, 5.74) is -4.27. The highest BCUT2D eigenvalue weighted by Crippen LogP contribution is 2.73. The lowest BCUT2D eigenvalue weighted by Gasteiger charge is -2.63. The maximum Gasteiger partial charge on any atom is 0.226 e. The highest BCUT2D eigenvalue weighted by molar-refractivity contribution is 8.13. The predicted molar refractivity (Wildman–Crippen MR) is 174 cm³/mol. The normalized spacial score (nSPS) is 39.1. The van der Waals surface area contributed by atoms with Gasteiger partial charge in [0.1, 0.15) is 17.9 Å². The Morgan fingerprint density at radius 3 is 2.47 bits per heavy atom. The summed E-state index contributed by atoms with van der Waals surface area (Å²) in [7, 11) is 0. The van der Waals surface area contributed by atoms with Gasteiger partial charge in [0.05, 0.1) is 6.10 Å². The van der Waals surface area contributed by atoms with E-state index in [-0.39, 0.29) is 24.2 Å². The number of aliphatic hydroxyl groups excluding tert-OH is 1. The Bertz CT molecular complexity index is 1640.